The van der Waals surface area contributed by atoms with Gasteiger partial charge in [-0.1, -0.05) is 6.07 Å². The average molecular weight is 276 g/mol. The van der Waals surface area contributed by atoms with Crippen molar-refractivity contribution in [2.24, 2.45) is 11.7 Å². The number of primary amides is 1. The van der Waals surface area contributed by atoms with Gasteiger partial charge in [0, 0.05) is 12.6 Å². The number of aryl methyl sites for hydroxylation is 1. The van der Waals surface area contributed by atoms with Crippen LogP contribution in [0, 0.1) is 12.8 Å². The third-order valence-electron chi connectivity index (χ3n) is 3.98. The molecule has 2 atom stereocenters. The molecule has 1 aromatic rings. The van der Waals surface area contributed by atoms with Gasteiger partial charge >= 0.3 is 5.97 Å². The molecule has 20 heavy (non-hydrogen) atoms. The zero-order valence-corrected chi connectivity index (χ0v) is 11.8. The monoisotopic (exact) mass is 276 g/mol. The topological polar surface area (TPSA) is 83.6 Å². The molecule has 0 spiro atoms. The van der Waals surface area contributed by atoms with Crippen molar-refractivity contribution in [2.75, 3.05) is 11.4 Å². The van der Waals surface area contributed by atoms with Gasteiger partial charge in [0.1, 0.15) is 0 Å². The highest BCUT2D eigenvalue weighted by molar-refractivity contribution is 5.95. The van der Waals surface area contributed by atoms with Gasteiger partial charge in [-0.3, -0.25) is 4.79 Å². The van der Waals surface area contributed by atoms with Crippen molar-refractivity contribution in [2.45, 2.75) is 32.7 Å². The van der Waals surface area contributed by atoms with Gasteiger partial charge in [0.25, 0.3) is 0 Å². The van der Waals surface area contributed by atoms with E-state index in [-0.39, 0.29) is 23.4 Å². The number of carboxylic acid groups (broad SMARTS) is 1. The van der Waals surface area contributed by atoms with Gasteiger partial charge in [-0.05, 0) is 44.4 Å². The Morgan fingerprint density at radius 1 is 1.35 bits per heavy atom. The van der Waals surface area contributed by atoms with E-state index in [1.54, 1.807) is 12.1 Å². The Labute approximate surface area is 118 Å². The summed E-state index contributed by atoms with van der Waals surface area (Å²) in [6.45, 7) is 4.46. The summed E-state index contributed by atoms with van der Waals surface area (Å²) in [6.07, 6.45) is 1.60. The Balaban J connectivity index is 2.40. The molecule has 1 aliphatic rings. The number of nitrogens with zero attached hydrogens (tertiary/aromatic N) is 1. The number of piperidine rings is 1. The van der Waals surface area contributed by atoms with Gasteiger partial charge in [-0.2, -0.15) is 0 Å². The van der Waals surface area contributed by atoms with Crippen LogP contribution in [0.4, 0.5) is 5.69 Å². The Morgan fingerprint density at radius 3 is 2.65 bits per heavy atom. The third-order valence-corrected chi connectivity index (χ3v) is 3.98. The maximum atomic E-state index is 11.4. The van der Waals surface area contributed by atoms with Gasteiger partial charge in [-0.15, -0.1) is 0 Å². The van der Waals surface area contributed by atoms with E-state index in [2.05, 4.69) is 0 Å². The van der Waals surface area contributed by atoms with Gasteiger partial charge in [0.15, 0.2) is 0 Å². The van der Waals surface area contributed by atoms with Gasteiger partial charge in [0.2, 0.25) is 5.91 Å². The summed E-state index contributed by atoms with van der Waals surface area (Å²) < 4.78 is 0. The number of rotatable bonds is 3. The predicted molar refractivity (Wildman–Crippen MR) is 76.9 cm³/mol. The summed E-state index contributed by atoms with van der Waals surface area (Å²) in [4.78, 5) is 24.8. The van der Waals surface area contributed by atoms with Crippen molar-refractivity contribution >= 4 is 17.6 Å². The Bertz CT molecular complexity index is 542. The molecule has 2 rings (SSSR count). The molecular formula is C15H20N2O3. The zero-order valence-electron chi connectivity index (χ0n) is 11.8. The molecule has 1 fully saturated rings. The Kier molecular flexibility index (Phi) is 3.97. The molecule has 0 aliphatic carbocycles. The minimum atomic E-state index is -0.951. The van der Waals surface area contributed by atoms with E-state index in [1.807, 2.05) is 24.8 Å². The van der Waals surface area contributed by atoms with E-state index in [0.717, 1.165) is 18.4 Å². The van der Waals surface area contributed by atoms with Crippen LogP contribution in [0.3, 0.4) is 0 Å². The van der Waals surface area contributed by atoms with Crippen LogP contribution in [0.15, 0.2) is 18.2 Å². The second-order valence-corrected chi connectivity index (χ2v) is 5.50. The molecule has 0 radical (unpaired) electrons. The van der Waals surface area contributed by atoms with Crippen LogP contribution < -0.4 is 10.6 Å². The molecule has 5 heteroatoms. The summed E-state index contributed by atoms with van der Waals surface area (Å²) in [7, 11) is 0. The number of amides is 1. The van der Waals surface area contributed by atoms with E-state index >= 15 is 0 Å². The first-order valence-electron chi connectivity index (χ1n) is 6.80. The maximum Gasteiger partial charge on any atom is 0.337 e. The fourth-order valence-corrected chi connectivity index (χ4v) is 2.74. The van der Waals surface area contributed by atoms with Gasteiger partial charge in [-0.25, -0.2) is 4.79 Å². The minimum absolute atomic E-state index is 0.200. The molecule has 3 N–H and O–H groups in total. The molecule has 0 saturated carbocycles. The van der Waals surface area contributed by atoms with Gasteiger partial charge in [0.05, 0.1) is 17.2 Å². The largest absolute Gasteiger partial charge is 0.478 e. The Hall–Kier alpha value is -2.04. The third kappa shape index (κ3) is 2.76. The first-order chi connectivity index (χ1) is 9.40. The van der Waals surface area contributed by atoms with Crippen LogP contribution in [0.2, 0.25) is 0 Å². The van der Waals surface area contributed by atoms with E-state index in [4.69, 9.17) is 5.73 Å². The molecule has 0 aromatic heterocycles. The zero-order chi connectivity index (χ0) is 14.9. The molecule has 1 amide bonds. The molecule has 1 saturated heterocycles. The van der Waals surface area contributed by atoms with Crippen molar-refractivity contribution in [3.63, 3.8) is 0 Å². The second-order valence-electron chi connectivity index (χ2n) is 5.50. The van der Waals surface area contributed by atoms with Crippen molar-refractivity contribution in [3.8, 4) is 0 Å². The second kappa shape index (κ2) is 5.53. The fourth-order valence-electron chi connectivity index (χ4n) is 2.74. The van der Waals surface area contributed by atoms with Crippen molar-refractivity contribution < 1.29 is 14.7 Å². The lowest BCUT2D eigenvalue weighted by Gasteiger charge is -2.39. The van der Waals surface area contributed by atoms with Crippen molar-refractivity contribution in [1.82, 2.24) is 0 Å². The molecule has 2 unspecified atom stereocenters. The fraction of sp³-hybridized carbons (Fsp3) is 0.467. The number of benzene rings is 1. The summed E-state index contributed by atoms with van der Waals surface area (Å²) in [6, 6.07) is 5.47. The van der Waals surface area contributed by atoms with E-state index in [0.29, 0.717) is 12.2 Å². The molecule has 1 aliphatic heterocycles. The lowest BCUT2D eigenvalue weighted by atomic mass is 9.91. The number of carboxylic acids is 1. The standard InChI is InChI=1S/C15H20N2O3/c1-9-3-6-12(15(19)20)13(7-9)17-8-11(14(16)18)5-4-10(17)2/h3,6-7,10-11H,4-5,8H2,1-2H3,(H2,16,18)(H,19,20). The van der Waals surface area contributed by atoms with Crippen LogP contribution in [0.25, 0.3) is 0 Å². The van der Waals surface area contributed by atoms with E-state index < -0.39 is 5.97 Å². The van der Waals surface area contributed by atoms with Crippen molar-refractivity contribution in [1.29, 1.82) is 0 Å². The highest BCUT2D eigenvalue weighted by Gasteiger charge is 2.30. The number of carbonyl (C=O) groups excluding carboxylic acids is 1. The lowest BCUT2D eigenvalue weighted by molar-refractivity contribution is -0.122. The van der Waals surface area contributed by atoms with Gasteiger partial charge < -0.3 is 15.7 Å². The summed E-state index contributed by atoms with van der Waals surface area (Å²) in [5, 5.41) is 9.33. The smallest absolute Gasteiger partial charge is 0.337 e. The number of nitrogens with two attached hydrogens (primary N) is 1. The normalized spacial score (nSPS) is 22.6. The Morgan fingerprint density at radius 2 is 2.05 bits per heavy atom. The SMILES string of the molecule is Cc1ccc(C(=O)O)c(N2CC(C(N)=O)CCC2C)c1. The number of aromatic carboxylic acids is 1. The molecule has 0 bridgehead atoms. The highest BCUT2D eigenvalue weighted by atomic mass is 16.4. The van der Waals surface area contributed by atoms with Crippen LogP contribution in [0.1, 0.15) is 35.7 Å². The minimum Gasteiger partial charge on any atom is -0.478 e. The van der Waals surface area contributed by atoms with Crippen LogP contribution in [0.5, 0.6) is 0 Å². The first kappa shape index (κ1) is 14.4. The first-order valence-corrected chi connectivity index (χ1v) is 6.80. The summed E-state index contributed by atoms with van der Waals surface area (Å²) in [5.41, 5.74) is 7.34. The van der Waals surface area contributed by atoms with E-state index in [1.165, 1.54) is 0 Å². The van der Waals surface area contributed by atoms with Crippen LogP contribution in [-0.4, -0.2) is 29.6 Å². The number of hydrogen-bond donors (Lipinski definition) is 2. The highest BCUT2D eigenvalue weighted by Crippen LogP contribution is 2.31. The maximum absolute atomic E-state index is 11.4. The van der Waals surface area contributed by atoms with Crippen LogP contribution in [-0.2, 0) is 4.79 Å². The number of carbonyl (C=O) groups is 2. The quantitative estimate of drug-likeness (QED) is 0.881. The van der Waals surface area contributed by atoms with Crippen LogP contribution >= 0.6 is 0 Å². The molecule has 1 heterocycles. The molecule has 108 valence electrons. The summed E-state index contributed by atoms with van der Waals surface area (Å²) in [5.74, 6) is -1.48. The molecule has 1 aromatic carbocycles. The lowest BCUT2D eigenvalue weighted by Crippen LogP contribution is -2.46. The number of anilines is 1. The summed E-state index contributed by atoms with van der Waals surface area (Å²) >= 11 is 0. The predicted octanol–water partition coefficient (Wildman–Crippen LogP) is 1.78. The van der Waals surface area contributed by atoms with Crippen molar-refractivity contribution in [3.05, 3.63) is 29.3 Å². The number of hydrogen-bond acceptors (Lipinski definition) is 3. The molecule has 5 nitrogen and oxygen atoms in total. The average Bonchev–Trinajstić information content (AvgIpc) is 2.38. The van der Waals surface area contributed by atoms with E-state index in [9.17, 15) is 14.7 Å². The molecular weight excluding hydrogens is 256 g/mol.